The molecule has 0 bridgehead atoms. The monoisotopic (exact) mass is 885 g/mol. The summed E-state index contributed by atoms with van der Waals surface area (Å²) in [6.07, 6.45) is -26.8. The summed E-state index contributed by atoms with van der Waals surface area (Å²) in [6.45, 7) is -1.62. The highest BCUT2D eigenvalue weighted by Gasteiger charge is 2.56. The van der Waals surface area contributed by atoms with Crippen molar-refractivity contribution in [2.45, 2.75) is 199 Å². The lowest BCUT2D eigenvalue weighted by Crippen LogP contribution is -2.65. The smallest absolute Gasteiger partial charge is 0.309 e. The number of carbonyl (C=O) groups excluding carboxylic acids is 1. The van der Waals surface area contributed by atoms with Crippen molar-refractivity contribution in [2.24, 2.45) is 17.8 Å². The summed E-state index contributed by atoms with van der Waals surface area (Å²) in [5.41, 5.74) is 0. The third kappa shape index (κ3) is 10.7. The molecule has 23 atom stereocenters. The average molecular weight is 886 g/mol. The molecular formula is C39H65O22+. The van der Waals surface area contributed by atoms with Gasteiger partial charge in [0.15, 0.2) is 31.1 Å². The van der Waals surface area contributed by atoms with Crippen molar-refractivity contribution >= 4 is 5.97 Å². The van der Waals surface area contributed by atoms with E-state index < -0.39 is 172 Å². The van der Waals surface area contributed by atoms with Gasteiger partial charge in [-0.15, -0.1) is 0 Å². The molecule has 3 saturated carbocycles. The lowest BCUT2D eigenvalue weighted by atomic mass is 9.72. The second-order valence-electron chi connectivity index (χ2n) is 18.0. The fraction of sp³-hybridized carbons (Fsp3) is 0.974. The summed E-state index contributed by atoms with van der Waals surface area (Å²) < 4.78 is 46.1. The molecule has 22 heteroatoms. The third-order valence-electron chi connectivity index (χ3n) is 13.8. The number of esters is 1. The number of hydrogen-bond acceptors (Lipinski definition) is 21. The number of fused-ring (bicyclic) bond motifs is 1. The highest BCUT2D eigenvalue weighted by molar-refractivity contribution is 5.72. The maximum Gasteiger partial charge on any atom is 0.309 e. The first-order valence-electron chi connectivity index (χ1n) is 21.6. The lowest BCUT2D eigenvalue weighted by molar-refractivity contribution is -0.385. The molecule has 0 radical (unpaired) electrons. The van der Waals surface area contributed by atoms with E-state index in [1.807, 2.05) is 0 Å². The van der Waals surface area contributed by atoms with Crippen LogP contribution in [0.4, 0.5) is 0 Å². The Hall–Kier alpha value is -1.33. The van der Waals surface area contributed by atoms with Crippen molar-refractivity contribution in [1.29, 1.82) is 0 Å². The minimum absolute atomic E-state index is 0.0963. The molecule has 9 unspecified atom stereocenters. The van der Waals surface area contributed by atoms with Crippen molar-refractivity contribution in [1.82, 2.24) is 0 Å². The van der Waals surface area contributed by atoms with E-state index in [2.05, 4.69) is 0 Å². The molecule has 22 nitrogen and oxygen atoms in total. The maximum atomic E-state index is 12.7. The van der Waals surface area contributed by atoms with Crippen LogP contribution in [0.5, 0.6) is 0 Å². The van der Waals surface area contributed by atoms with Crippen molar-refractivity contribution in [3.05, 3.63) is 0 Å². The van der Waals surface area contributed by atoms with Gasteiger partial charge in [0.2, 0.25) is 0 Å². The molecule has 4 saturated heterocycles. The van der Waals surface area contributed by atoms with Crippen LogP contribution in [-0.4, -0.2) is 232 Å². The molecule has 7 rings (SSSR count). The molecule has 0 aromatic carbocycles. The summed E-state index contributed by atoms with van der Waals surface area (Å²) in [7, 11) is 0. The number of aliphatic hydroxyl groups is 15. The largest absolute Gasteiger partial charge is 0.463 e. The van der Waals surface area contributed by atoms with Crippen molar-refractivity contribution < 1.29 is 109 Å². The van der Waals surface area contributed by atoms with Crippen LogP contribution in [0.1, 0.15) is 64.2 Å². The lowest BCUT2D eigenvalue weighted by Gasteiger charge is -2.49. The van der Waals surface area contributed by atoms with E-state index in [4.69, 9.17) is 37.9 Å². The average Bonchev–Trinajstić information content (AvgIpc) is 3.23. The van der Waals surface area contributed by atoms with Gasteiger partial charge in [-0.2, -0.15) is 0 Å². The van der Waals surface area contributed by atoms with Crippen LogP contribution in [0.25, 0.3) is 0 Å². The number of rotatable bonds is 11. The normalized spacial score (nSPS) is 52.2. The van der Waals surface area contributed by atoms with Crippen molar-refractivity contribution in [3.8, 4) is 0 Å². The van der Waals surface area contributed by atoms with Gasteiger partial charge in [-0.1, -0.05) is 0 Å². The van der Waals surface area contributed by atoms with Crippen LogP contribution in [-0.2, 0) is 38.0 Å². The predicted molar refractivity (Wildman–Crippen MR) is 198 cm³/mol. The summed E-state index contributed by atoms with van der Waals surface area (Å²) in [5, 5.41) is 139. The summed E-state index contributed by atoms with van der Waals surface area (Å²) in [6, 6.07) is 0. The highest BCUT2D eigenvalue weighted by atomic mass is 16.8. The van der Waals surface area contributed by atoms with Gasteiger partial charge < -0.3 is 104 Å². The minimum atomic E-state index is -1.89. The molecule has 0 amide bonds. The van der Waals surface area contributed by atoms with Crippen molar-refractivity contribution in [2.75, 3.05) is 19.8 Å². The van der Waals surface area contributed by atoms with Crippen LogP contribution in [0, 0.1) is 17.8 Å². The van der Waals surface area contributed by atoms with Gasteiger partial charge in [-0.05, 0) is 51.4 Å². The second-order valence-corrected chi connectivity index (χ2v) is 18.0. The van der Waals surface area contributed by atoms with E-state index in [9.17, 15) is 71.2 Å². The molecule has 4 heterocycles. The van der Waals surface area contributed by atoms with Crippen LogP contribution in [0.15, 0.2) is 0 Å². The number of aliphatic hydroxyl groups excluding tert-OH is 13. The molecule has 0 aromatic rings. The van der Waals surface area contributed by atoms with E-state index in [1.54, 1.807) is 0 Å². The Labute approximate surface area is 351 Å². The van der Waals surface area contributed by atoms with Crippen LogP contribution < -0.4 is 0 Å². The molecule has 0 spiro atoms. The summed E-state index contributed by atoms with van der Waals surface area (Å²) in [5.74, 6) is -1.87. The second kappa shape index (κ2) is 20.5. The molecular weight excluding hydrogens is 820 g/mol. The van der Waals surface area contributed by atoms with E-state index >= 15 is 0 Å². The highest BCUT2D eigenvalue weighted by Crippen LogP contribution is 2.43. The van der Waals surface area contributed by atoms with E-state index in [1.165, 1.54) is 0 Å². The van der Waals surface area contributed by atoms with Crippen LogP contribution in [0.2, 0.25) is 0 Å². The molecule has 3 aliphatic carbocycles. The van der Waals surface area contributed by atoms with Gasteiger partial charge in [0, 0.05) is 18.8 Å². The van der Waals surface area contributed by atoms with Gasteiger partial charge in [0.25, 0.3) is 0 Å². The fourth-order valence-electron chi connectivity index (χ4n) is 10.0. The van der Waals surface area contributed by atoms with Gasteiger partial charge in [0.05, 0.1) is 55.6 Å². The Morgan fingerprint density at radius 1 is 0.557 bits per heavy atom. The Morgan fingerprint density at radius 2 is 1.23 bits per heavy atom. The first-order valence-corrected chi connectivity index (χ1v) is 21.6. The Bertz CT molecular complexity index is 1410. The van der Waals surface area contributed by atoms with Crippen molar-refractivity contribution in [3.63, 3.8) is 0 Å². The first kappa shape index (κ1) is 47.6. The summed E-state index contributed by atoms with van der Waals surface area (Å²) >= 11 is 0. The summed E-state index contributed by atoms with van der Waals surface area (Å²) in [4.78, 5) is 12.7. The zero-order valence-electron chi connectivity index (χ0n) is 33.7. The zero-order chi connectivity index (χ0) is 43.9. The molecule has 7 fully saturated rings. The fourth-order valence-corrected chi connectivity index (χ4v) is 10.0. The molecule has 61 heavy (non-hydrogen) atoms. The molecule has 0 aromatic heterocycles. The number of carbonyl (C=O) groups is 1. The van der Waals surface area contributed by atoms with Gasteiger partial charge in [-0.25, -0.2) is 0 Å². The molecule has 14 N–H and O–H groups in total. The number of hydrogen-bond donors (Lipinski definition) is 13. The third-order valence-corrected chi connectivity index (χ3v) is 13.8. The molecule has 7 aliphatic rings. The maximum absolute atomic E-state index is 12.7. The van der Waals surface area contributed by atoms with E-state index in [0.29, 0.717) is 32.1 Å². The van der Waals surface area contributed by atoms with E-state index in [-0.39, 0.29) is 38.0 Å². The quantitative estimate of drug-likeness (QED) is 0.0678. The van der Waals surface area contributed by atoms with Crippen LogP contribution >= 0.6 is 0 Å². The predicted octanol–water partition coefficient (Wildman–Crippen LogP) is -6.12. The Kier molecular flexibility index (Phi) is 16.0. The van der Waals surface area contributed by atoms with Gasteiger partial charge in [-0.3, -0.25) is 4.79 Å². The van der Waals surface area contributed by atoms with Crippen LogP contribution in [0.3, 0.4) is 0 Å². The van der Waals surface area contributed by atoms with Gasteiger partial charge >= 0.3 is 5.97 Å². The zero-order valence-corrected chi connectivity index (χ0v) is 33.7. The topological polar surface area (TPSA) is 357 Å². The first-order chi connectivity index (χ1) is 29.0. The molecule has 4 aliphatic heterocycles. The minimum Gasteiger partial charge on any atom is -0.463 e. The standard InChI is InChI=1S/C39H64O22/c40-16-4-1-14(2-5-16)36(53)54-12-25-28(47)30(49)33(52)37(59-25)56-13-26-29(48)31(50)35(61-38-32(51)27(46)22(45)11-55-38)39(60-26)58-24-10-18-20(43)8-17(41)9-23(18)57-34(24)15-3-6-19(42)21(44)7-15/h14-35,37-52H,1-13H2/p+1/t14?,15?,16?,17?,18?,19?,20?,21?,22-,23?,24?,25-,26-,27+,28-,29+,30+,31+,32-,33-,34?,35-,37-,38+,39-/m1/s1. The Balaban J connectivity index is 1.08. The van der Waals surface area contributed by atoms with E-state index in [0.717, 1.165) is 0 Å². The van der Waals surface area contributed by atoms with Gasteiger partial charge in [0.1, 0.15) is 79.9 Å². The molecule has 352 valence electrons. The SMILES string of the molecule is O=C(OC[C@H]1O[C@@H](OC[C@H]2O[C@@H](OC3CC4C(O)CC(O)CC4[OH+]C3C3CCC(O)C(O)C3)[C@H](O[C@@H]3OC[C@@H](O)[C@H](O)[C@H]3O)[C@@H](O)[C@H]2O)[C@H](O)[C@@H](O)[C@@H]1O)C1CCC(O)CC1. The number of ether oxygens (including phenoxy) is 8. The Morgan fingerprint density at radius 3 is 1.95 bits per heavy atom.